The SMILES string of the molecule is Nc1cccnc1-c1nc2cc3c(cc2[nH]1)OCCCO3. The standard InChI is InChI=1S/C15H14N4O2/c16-9-3-1-4-17-14(9)15-18-10-7-12-13(8-11(10)19-15)21-6-2-5-20-12/h1,3-4,7-8H,2,5-6,16H2,(H,18,19). The number of ether oxygens (including phenoxy) is 2. The highest BCUT2D eigenvalue weighted by molar-refractivity contribution is 5.84. The molecule has 4 rings (SSSR count). The van der Waals surface area contributed by atoms with E-state index in [-0.39, 0.29) is 0 Å². The minimum atomic E-state index is 0.589. The van der Waals surface area contributed by atoms with E-state index in [0.717, 1.165) is 29.0 Å². The van der Waals surface area contributed by atoms with Crippen LogP contribution in [0.2, 0.25) is 0 Å². The summed E-state index contributed by atoms with van der Waals surface area (Å²) >= 11 is 0. The molecule has 1 aromatic carbocycles. The van der Waals surface area contributed by atoms with Crippen LogP contribution in [0, 0.1) is 0 Å². The maximum atomic E-state index is 5.95. The Morgan fingerprint density at radius 3 is 2.76 bits per heavy atom. The molecule has 0 unspecified atom stereocenters. The van der Waals surface area contributed by atoms with Crippen LogP contribution >= 0.6 is 0 Å². The minimum absolute atomic E-state index is 0.589. The highest BCUT2D eigenvalue weighted by Crippen LogP contribution is 2.34. The summed E-state index contributed by atoms with van der Waals surface area (Å²) in [5, 5.41) is 0. The molecule has 0 atom stereocenters. The van der Waals surface area contributed by atoms with Crippen molar-refractivity contribution in [3.63, 3.8) is 0 Å². The second kappa shape index (κ2) is 4.66. The number of nitrogen functional groups attached to an aromatic ring is 1. The smallest absolute Gasteiger partial charge is 0.163 e. The fourth-order valence-corrected chi connectivity index (χ4v) is 2.39. The monoisotopic (exact) mass is 282 g/mol. The molecule has 0 aliphatic carbocycles. The third-order valence-electron chi connectivity index (χ3n) is 3.41. The molecule has 0 spiro atoms. The van der Waals surface area contributed by atoms with Gasteiger partial charge >= 0.3 is 0 Å². The number of hydrogen-bond donors (Lipinski definition) is 2. The number of imidazole rings is 1. The highest BCUT2D eigenvalue weighted by Gasteiger charge is 2.15. The molecule has 0 radical (unpaired) electrons. The average Bonchev–Trinajstić information content (AvgIpc) is 2.75. The Balaban J connectivity index is 1.85. The van der Waals surface area contributed by atoms with E-state index in [4.69, 9.17) is 15.2 Å². The van der Waals surface area contributed by atoms with Crippen LogP contribution in [0.1, 0.15) is 6.42 Å². The van der Waals surface area contributed by atoms with E-state index in [1.165, 1.54) is 0 Å². The van der Waals surface area contributed by atoms with Crippen LogP contribution < -0.4 is 15.2 Å². The van der Waals surface area contributed by atoms with Crippen LogP contribution in [-0.4, -0.2) is 28.2 Å². The third-order valence-corrected chi connectivity index (χ3v) is 3.41. The van der Waals surface area contributed by atoms with E-state index in [0.29, 0.717) is 30.4 Å². The van der Waals surface area contributed by atoms with E-state index in [9.17, 15) is 0 Å². The quantitative estimate of drug-likeness (QED) is 0.715. The Morgan fingerprint density at radius 2 is 1.95 bits per heavy atom. The summed E-state index contributed by atoms with van der Waals surface area (Å²) < 4.78 is 11.4. The minimum Gasteiger partial charge on any atom is -0.489 e. The van der Waals surface area contributed by atoms with Crippen molar-refractivity contribution >= 4 is 16.7 Å². The number of anilines is 1. The second-order valence-corrected chi connectivity index (χ2v) is 4.89. The lowest BCUT2D eigenvalue weighted by Gasteiger charge is -2.05. The molecule has 0 saturated carbocycles. The largest absolute Gasteiger partial charge is 0.489 e. The number of rotatable bonds is 1. The van der Waals surface area contributed by atoms with Gasteiger partial charge in [-0.1, -0.05) is 0 Å². The molecular weight excluding hydrogens is 268 g/mol. The van der Waals surface area contributed by atoms with Crippen molar-refractivity contribution in [1.82, 2.24) is 15.0 Å². The van der Waals surface area contributed by atoms with Gasteiger partial charge in [-0.25, -0.2) is 4.98 Å². The fraction of sp³-hybridized carbons (Fsp3) is 0.200. The molecule has 3 N–H and O–H groups in total. The van der Waals surface area contributed by atoms with Crippen LogP contribution in [0.25, 0.3) is 22.6 Å². The average molecular weight is 282 g/mol. The predicted molar refractivity (Wildman–Crippen MR) is 79.3 cm³/mol. The molecule has 3 aromatic rings. The van der Waals surface area contributed by atoms with Gasteiger partial charge in [0.15, 0.2) is 17.3 Å². The highest BCUT2D eigenvalue weighted by atomic mass is 16.5. The Bertz CT molecular complexity index is 770. The van der Waals surface area contributed by atoms with Crippen LogP contribution in [0.15, 0.2) is 30.5 Å². The number of H-pyrrole nitrogens is 1. The first-order valence-corrected chi connectivity index (χ1v) is 6.81. The molecule has 0 bridgehead atoms. The molecule has 0 saturated heterocycles. The van der Waals surface area contributed by atoms with Gasteiger partial charge in [-0.05, 0) is 12.1 Å². The summed E-state index contributed by atoms with van der Waals surface area (Å²) in [7, 11) is 0. The molecule has 6 heteroatoms. The zero-order chi connectivity index (χ0) is 14.2. The first kappa shape index (κ1) is 12.0. The molecular formula is C15H14N4O2. The molecule has 6 nitrogen and oxygen atoms in total. The lowest BCUT2D eigenvalue weighted by molar-refractivity contribution is 0.297. The fourth-order valence-electron chi connectivity index (χ4n) is 2.39. The van der Waals surface area contributed by atoms with Gasteiger partial charge in [0, 0.05) is 24.8 Å². The topological polar surface area (TPSA) is 86.1 Å². The number of nitrogens with zero attached hydrogens (tertiary/aromatic N) is 2. The molecule has 2 aromatic heterocycles. The van der Waals surface area contributed by atoms with Gasteiger partial charge in [-0.3, -0.25) is 4.98 Å². The number of nitrogens with one attached hydrogen (secondary N) is 1. The number of aromatic nitrogens is 3. The zero-order valence-corrected chi connectivity index (χ0v) is 11.3. The maximum absolute atomic E-state index is 5.95. The molecule has 3 heterocycles. The van der Waals surface area contributed by atoms with E-state index in [2.05, 4.69) is 15.0 Å². The Labute approximate surface area is 120 Å². The van der Waals surface area contributed by atoms with Crippen molar-refractivity contribution in [3.05, 3.63) is 30.5 Å². The Kier molecular flexibility index (Phi) is 2.67. The van der Waals surface area contributed by atoms with Gasteiger partial charge in [-0.15, -0.1) is 0 Å². The first-order valence-electron chi connectivity index (χ1n) is 6.81. The molecule has 106 valence electrons. The van der Waals surface area contributed by atoms with E-state index in [1.807, 2.05) is 12.1 Å². The maximum Gasteiger partial charge on any atom is 0.163 e. The Morgan fingerprint density at radius 1 is 1.14 bits per heavy atom. The van der Waals surface area contributed by atoms with Crippen molar-refractivity contribution in [1.29, 1.82) is 0 Å². The number of pyridine rings is 1. The number of nitrogens with two attached hydrogens (primary N) is 1. The van der Waals surface area contributed by atoms with E-state index < -0.39 is 0 Å². The summed E-state index contributed by atoms with van der Waals surface area (Å²) in [5.74, 6) is 2.11. The van der Waals surface area contributed by atoms with Gasteiger partial charge < -0.3 is 20.2 Å². The van der Waals surface area contributed by atoms with Crippen molar-refractivity contribution in [2.75, 3.05) is 18.9 Å². The van der Waals surface area contributed by atoms with Crippen LogP contribution in [0.4, 0.5) is 5.69 Å². The summed E-state index contributed by atoms with van der Waals surface area (Å²) in [6.07, 6.45) is 2.58. The van der Waals surface area contributed by atoms with E-state index in [1.54, 1.807) is 18.3 Å². The molecule has 21 heavy (non-hydrogen) atoms. The third kappa shape index (κ3) is 2.05. The lowest BCUT2D eigenvalue weighted by Crippen LogP contribution is -1.97. The van der Waals surface area contributed by atoms with Crippen molar-refractivity contribution in [2.45, 2.75) is 6.42 Å². The molecule has 0 amide bonds. The van der Waals surface area contributed by atoms with E-state index >= 15 is 0 Å². The number of hydrogen-bond acceptors (Lipinski definition) is 5. The van der Waals surface area contributed by atoms with Crippen LogP contribution in [0.5, 0.6) is 11.5 Å². The van der Waals surface area contributed by atoms with Gasteiger partial charge in [0.2, 0.25) is 0 Å². The van der Waals surface area contributed by atoms with Crippen LogP contribution in [0.3, 0.4) is 0 Å². The summed E-state index contributed by atoms with van der Waals surface area (Å²) in [4.78, 5) is 12.1. The number of fused-ring (bicyclic) bond motifs is 2. The normalized spacial score (nSPS) is 14.1. The number of benzene rings is 1. The van der Waals surface area contributed by atoms with Gasteiger partial charge in [0.05, 0.1) is 29.9 Å². The van der Waals surface area contributed by atoms with Crippen molar-refractivity contribution in [3.8, 4) is 23.0 Å². The van der Waals surface area contributed by atoms with Crippen LogP contribution in [-0.2, 0) is 0 Å². The van der Waals surface area contributed by atoms with Crippen molar-refractivity contribution in [2.24, 2.45) is 0 Å². The summed E-state index contributed by atoms with van der Waals surface area (Å²) in [6.45, 7) is 1.32. The first-order chi connectivity index (χ1) is 10.3. The van der Waals surface area contributed by atoms with Gasteiger partial charge in [0.1, 0.15) is 5.69 Å². The summed E-state index contributed by atoms with van der Waals surface area (Å²) in [6, 6.07) is 7.39. The molecule has 1 aliphatic rings. The predicted octanol–water partition coefficient (Wildman–Crippen LogP) is 2.37. The van der Waals surface area contributed by atoms with Crippen molar-refractivity contribution < 1.29 is 9.47 Å². The second-order valence-electron chi connectivity index (χ2n) is 4.89. The molecule has 0 fully saturated rings. The Hall–Kier alpha value is -2.76. The lowest BCUT2D eigenvalue weighted by atomic mass is 10.3. The summed E-state index contributed by atoms with van der Waals surface area (Å²) in [5.41, 5.74) is 8.86. The number of aromatic amines is 1. The molecule has 1 aliphatic heterocycles. The van der Waals surface area contributed by atoms with Gasteiger partial charge in [-0.2, -0.15) is 0 Å². The zero-order valence-electron chi connectivity index (χ0n) is 11.3. The van der Waals surface area contributed by atoms with Gasteiger partial charge in [0.25, 0.3) is 0 Å².